The average molecular weight is 442 g/mol. The lowest BCUT2D eigenvalue weighted by Crippen LogP contribution is -2.50. The maximum atomic E-state index is 12.6. The summed E-state index contributed by atoms with van der Waals surface area (Å²) < 4.78 is 5.89. The molecule has 6 atom stereocenters. The monoisotopic (exact) mass is 441 g/mol. The number of ether oxygens (including phenoxy) is 1. The molecular formula is C26H32ClNO3. The van der Waals surface area contributed by atoms with Crippen molar-refractivity contribution in [3.63, 3.8) is 0 Å². The number of carbonyl (C=O) groups excluding carboxylic acids is 1. The molecule has 5 heteroatoms. The Morgan fingerprint density at radius 3 is 2.55 bits per heavy atom. The largest absolute Gasteiger partial charge is 0.458 e. The number of allylic oxidation sites excluding steroid dienone is 1. The number of halogens is 1. The van der Waals surface area contributed by atoms with Gasteiger partial charge < -0.3 is 9.94 Å². The standard InChI is InChI=1S/C26H32ClNO3/c1-25-13-11-19(31-24(29)16-3-6-18(27)7-4-16)15-17(25)5-8-20-21-9-10-23(28-30)26(21,2)14-12-22(20)25/h3-7,19-22,30H,8-15H2,1-2H3/t19-,20?,21?,22?,25-,26-/m0/s1. The Bertz CT molecular complexity index is 938. The molecular weight excluding hydrogens is 410 g/mol. The van der Waals surface area contributed by atoms with Crippen LogP contribution in [0.3, 0.4) is 0 Å². The molecule has 0 spiro atoms. The van der Waals surface area contributed by atoms with Crippen LogP contribution in [0.25, 0.3) is 0 Å². The lowest BCUT2D eigenvalue weighted by Gasteiger charge is -2.57. The molecule has 4 nitrogen and oxygen atoms in total. The second-order valence-electron chi connectivity index (χ2n) is 10.6. The molecule has 3 saturated carbocycles. The van der Waals surface area contributed by atoms with Gasteiger partial charge in [-0.3, -0.25) is 0 Å². The maximum Gasteiger partial charge on any atom is 0.338 e. The highest BCUT2D eigenvalue weighted by molar-refractivity contribution is 6.30. The number of nitrogens with zero attached hydrogens (tertiary/aromatic N) is 1. The van der Waals surface area contributed by atoms with Crippen LogP contribution < -0.4 is 0 Å². The minimum absolute atomic E-state index is 0.0486. The van der Waals surface area contributed by atoms with Crippen LogP contribution >= 0.6 is 11.6 Å². The summed E-state index contributed by atoms with van der Waals surface area (Å²) in [6.45, 7) is 4.77. The van der Waals surface area contributed by atoms with E-state index in [-0.39, 0.29) is 22.9 Å². The van der Waals surface area contributed by atoms with Crippen molar-refractivity contribution in [2.24, 2.45) is 33.7 Å². The molecule has 0 heterocycles. The molecule has 1 aromatic rings. The van der Waals surface area contributed by atoms with Gasteiger partial charge >= 0.3 is 5.97 Å². The Morgan fingerprint density at radius 1 is 1.10 bits per heavy atom. The lowest BCUT2D eigenvalue weighted by atomic mass is 9.48. The summed E-state index contributed by atoms with van der Waals surface area (Å²) in [5, 5.41) is 13.8. The van der Waals surface area contributed by atoms with E-state index >= 15 is 0 Å². The van der Waals surface area contributed by atoms with Crippen molar-refractivity contribution < 1.29 is 14.7 Å². The fourth-order valence-electron chi connectivity index (χ4n) is 7.49. The summed E-state index contributed by atoms with van der Waals surface area (Å²) in [6.07, 6.45) is 10.8. The summed E-state index contributed by atoms with van der Waals surface area (Å²) >= 11 is 5.94. The van der Waals surface area contributed by atoms with Crippen molar-refractivity contribution in [2.75, 3.05) is 0 Å². The highest BCUT2D eigenvalue weighted by atomic mass is 35.5. The minimum atomic E-state index is -0.255. The van der Waals surface area contributed by atoms with Crippen molar-refractivity contribution in [3.05, 3.63) is 46.5 Å². The van der Waals surface area contributed by atoms with E-state index in [2.05, 4.69) is 25.1 Å². The number of rotatable bonds is 2. The maximum absolute atomic E-state index is 12.6. The van der Waals surface area contributed by atoms with Crippen LogP contribution in [0.1, 0.15) is 75.6 Å². The molecule has 0 bridgehead atoms. The quantitative estimate of drug-likeness (QED) is 0.241. The van der Waals surface area contributed by atoms with E-state index < -0.39 is 0 Å². The van der Waals surface area contributed by atoms with E-state index in [1.165, 1.54) is 12.0 Å². The summed E-state index contributed by atoms with van der Waals surface area (Å²) in [4.78, 5) is 12.6. The lowest BCUT2D eigenvalue weighted by molar-refractivity contribution is -0.0287. The summed E-state index contributed by atoms with van der Waals surface area (Å²) in [5.74, 6) is 1.71. The van der Waals surface area contributed by atoms with Crippen LogP contribution in [-0.2, 0) is 4.74 Å². The first-order valence-electron chi connectivity index (χ1n) is 11.7. The van der Waals surface area contributed by atoms with Gasteiger partial charge in [0.15, 0.2) is 0 Å². The van der Waals surface area contributed by atoms with Crippen molar-refractivity contribution in [1.82, 2.24) is 0 Å². The molecule has 1 N–H and O–H groups in total. The number of benzene rings is 1. The minimum Gasteiger partial charge on any atom is -0.458 e. The first kappa shape index (κ1) is 21.1. The van der Waals surface area contributed by atoms with Crippen LogP contribution in [0.5, 0.6) is 0 Å². The molecule has 4 aliphatic rings. The third-order valence-corrected chi connectivity index (χ3v) is 9.53. The number of carbonyl (C=O) groups is 1. The number of oxime groups is 1. The predicted octanol–water partition coefficient (Wildman–Crippen LogP) is 6.66. The number of hydrogen-bond donors (Lipinski definition) is 1. The molecule has 4 aliphatic carbocycles. The Morgan fingerprint density at radius 2 is 1.81 bits per heavy atom. The van der Waals surface area contributed by atoms with Crippen LogP contribution in [0, 0.1) is 28.6 Å². The van der Waals surface area contributed by atoms with Gasteiger partial charge in [0.05, 0.1) is 11.3 Å². The third-order valence-electron chi connectivity index (χ3n) is 9.27. The molecule has 3 unspecified atom stereocenters. The van der Waals surface area contributed by atoms with Gasteiger partial charge in [-0.2, -0.15) is 0 Å². The van der Waals surface area contributed by atoms with Crippen LogP contribution in [0.2, 0.25) is 5.02 Å². The third kappa shape index (κ3) is 3.33. The van der Waals surface area contributed by atoms with Gasteiger partial charge in [0.2, 0.25) is 0 Å². The molecule has 0 saturated heterocycles. The number of esters is 1. The molecule has 166 valence electrons. The fraction of sp³-hybridized carbons (Fsp3) is 0.615. The van der Waals surface area contributed by atoms with Crippen molar-refractivity contribution >= 4 is 23.3 Å². The first-order valence-corrected chi connectivity index (χ1v) is 12.1. The highest BCUT2D eigenvalue weighted by Crippen LogP contribution is 2.64. The van der Waals surface area contributed by atoms with Gasteiger partial charge in [-0.25, -0.2) is 4.79 Å². The second-order valence-corrected chi connectivity index (χ2v) is 11.0. The van der Waals surface area contributed by atoms with Crippen molar-refractivity contribution in [2.45, 2.75) is 71.3 Å². The Kier molecular flexibility index (Phi) is 5.20. The molecule has 3 fully saturated rings. The molecule has 0 amide bonds. The topological polar surface area (TPSA) is 58.9 Å². The van der Waals surface area contributed by atoms with E-state index in [0.717, 1.165) is 50.7 Å². The van der Waals surface area contributed by atoms with E-state index in [4.69, 9.17) is 16.3 Å². The zero-order valence-corrected chi connectivity index (χ0v) is 19.2. The van der Waals surface area contributed by atoms with E-state index in [9.17, 15) is 10.0 Å². The summed E-state index contributed by atoms with van der Waals surface area (Å²) in [5.41, 5.74) is 3.35. The van der Waals surface area contributed by atoms with E-state index in [0.29, 0.717) is 28.3 Å². The zero-order chi connectivity index (χ0) is 21.8. The molecule has 0 aromatic heterocycles. The zero-order valence-electron chi connectivity index (χ0n) is 18.4. The average Bonchev–Trinajstić information content (AvgIpc) is 3.10. The predicted molar refractivity (Wildman–Crippen MR) is 122 cm³/mol. The van der Waals surface area contributed by atoms with Crippen LogP contribution in [0.4, 0.5) is 0 Å². The molecule has 5 rings (SSSR count). The van der Waals surface area contributed by atoms with Gasteiger partial charge in [-0.05, 0) is 92.4 Å². The molecule has 0 radical (unpaired) electrons. The SMILES string of the molecule is C[C@]12CC[C@H](OC(=O)c3ccc(Cl)cc3)CC1=CCC1C2CC[C@]2(C)C(=NO)CCC12. The van der Waals surface area contributed by atoms with Gasteiger partial charge in [-0.1, -0.05) is 42.3 Å². The van der Waals surface area contributed by atoms with Gasteiger partial charge in [0.25, 0.3) is 0 Å². The van der Waals surface area contributed by atoms with Crippen molar-refractivity contribution in [3.8, 4) is 0 Å². The van der Waals surface area contributed by atoms with E-state index in [1.54, 1.807) is 24.3 Å². The Labute approximate surface area is 189 Å². The molecule has 1 aromatic carbocycles. The molecule has 31 heavy (non-hydrogen) atoms. The number of fused-ring (bicyclic) bond motifs is 5. The molecule has 0 aliphatic heterocycles. The summed E-state index contributed by atoms with van der Waals surface area (Å²) in [7, 11) is 0. The smallest absolute Gasteiger partial charge is 0.338 e. The fourth-order valence-corrected chi connectivity index (χ4v) is 7.61. The Hall–Kier alpha value is -1.81. The first-order chi connectivity index (χ1) is 14.8. The number of hydrogen-bond acceptors (Lipinski definition) is 4. The normalized spacial score (nSPS) is 40.5. The van der Waals surface area contributed by atoms with Gasteiger partial charge in [0, 0.05) is 16.9 Å². The van der Waals surface area contributed by atoms with Gasteiger partial charge in [-0.15, -0.1) is 0 Å². The van der Waals surface area contributed by atoms with Crippen LogP contribution in [-0.4, -0.2) is 23.0 Å². The van der Waals surface area contributed by atoms with Crippen molar-refractivity contribution in [1.29, 1.82) is 0 Å². The van der Waals surface area contributed by atoms with Gasteiger partial charge in [0.1, 0.15) is 6.10 Å². The van der Waals surface area contributed by atoms with E-state index in [1.807, 2.05) is 0 Å². The summed E-state index contributed by atoms with van der Waals surface area (Å²) in [6, 6.07) is 6.92. The second kappa shape index (κ2) is 7.65. The highest BCUT2D eigenvalue weighted by Gasteiger charge is 2.58. The van der Waals surface area contributed by atoms with Crippen LogP contribution in [0.15, 0.2) is 41.1 Å². The Balaban J connectivity index is 1.32.